The molecule has 0 aliphatic rings. The molecule has 0 aromatic heterocycles. The van der Waals surface area contributed by atoms with Gasteiger partial charge in [-0.2, -0.15) is 0 Å². The Morgan fingerprint density at radius 2 is 1.41 bits per heavy atom. The molecule has 0 saturated heterocycles. The molecule has 0 radical (unpaired) electrons. The van der Waals surface area contributed by atoms with Crippen LogP contribution in [0.4, 0.5) is 0 Å². The Morgan fingerprint density at radius 3 is 2.03 bits per heavy atom. The zero-order chi connectivity index (χ0) is 21.1. The normalized spacial score (nSPS) is 10.9. The molecule has 0 bridgehead atoms. The number of benzene rings is 2. The molecule has 2 aromatic rings. The Kier molecular flexibility index (Phi) is 9.29. The second-order valence-electron chi connectivity index (χ2n) is 6.90. The Bertz CT molecular complexity index is 806. The van der Waals surface area contributed by atoms with Gasteiger partial charge in [-0.3, -0.25) is 4.79 Å². The molecule has 0 N–H and O–H groups in total. The maximum absolute atomic E-state index is 12.6. The highest BCUT2D eigenvalue weighted by Crippen LogP contribution is 2.30. The van der Waals surface area contributed by atoms with Crippen LogP contribution in [0.25, 0.3) is 6.08 Å². The van der Waals surface area contributed by atoms with E-state index in [1.165, 1.54) is 0 Å². The summed E-state index contributed by atoms with van der Waals surface area (Å²) in [6.07, 6.45) is 6.24. The molecule has 0 aliphatic heterocycles. The summed E-state index contributed by atoms with van der Waals surface area (Å²) in [5, 5.41) is 0. The van der Waals surface area contributed by atoms with Gasteiger partial charge in [0, 0.05) is 11.6 Å². The number of ether oxygens (including phenoxy) is 3. The van der Waals surface area contributed by atoms with Crippen molar-refractivity contribution in [2.24, 2.45) is 0 Å². The first-order valence-corrected chi connectivity index (χ1v) is 10.4. The maximum atomic E-state index is 12.6. The molecule has 156 valence electrons. The van der Waals surface area contributed by atoms with Crippen LogP contribution in [0, 0.1) is 6.92 Å². The highest BCUT2D eigenvalue weighted by molar-refractivity contribution is 6.07. The lowest BCUT2D eigenvalue weighted by atomic mass is 10.0. The van der Waals surface area contributed by atoms with Crippen molar-refractivity contribution in [3.05, 3.63) is 59.2 Å². The minimum Gasteiger partial charge on any atom is -0.494 e. The number of rotatable bonds is 12. The van der Waals surface area contributed by atoms with Gasteiger partial charge < -0.3 is 14.2 Å². The molecular weight excluding hydrogens is 364 g/mol. The average molecular weight is 397 g/mol. The topological polar surface area (TPSA) is 44.8 Å². The van der Waals surface area contributed by atoms with E-state index in [0.29, 0.717) is 25.4 Å². The fourth-order valence-corrected chi connectivity index (χ4v) is 2.72. The van der Waals surface area contributed by atoms with E-state index in [2.05, 4.69) is 20.8 Å². The van der Waals surface area contributed by atoms with Gasteiger partial charge in [-0.15, -0.1) is 0 Å². The van der Waals surface area contributed by atoms with E-state index in [1.807, 2.05) is 37.3 Å². The molecule has 0 amide bonds. The smallest absolute Gasteiger partial charge is 0.185 e. The largest absolute Gasteiger partial charge is 0.494 e. The van der Waals surface area contributed by atoms with Crippen molar-refractivity contribution in [2.75, 3.05) is 19.8 Å². The maximum Gasteiger partial charge on any atom is 0.185 e. The molecule has 0 spiro atoms. The SMILES string of the molecule is CCCOc1ccc(C(=O)/C=C/c2cc(OCCC)cc(OCCC)c2C)cc1. The summed E-state index contributed by atoms with van der Waals surface area (Å²) in [4.78, 5) is 12.6. The van der Waals surface area contributed by atoms with Gasteiger partial charge >= 0.3 is 0 Å². The van der Waals surface area contributed by atoms with Crippen LogP contribution in [0.1, 0.15) is 61.5 Å². The van der Waals surface area contributed by atoms with Gasteiger partial charge in [0.05, 0.1) is 19.8 Å². The number of hydrogen-bond acceptors (Lipinski definition) is 4. The van der Waals surface area contributed by atoms with Crippen LogP contribution in [0.5, 0.6) is 17.2 Å². The molecule has 4 heteroatoms. The number of carbonyl (C=O) groups excluding carboxylic acids is 1. The summed E-state index contributed by atoms with van der Waals surface area (Å²) in [5.74, 6) is 2.28. The van der Waals surface area contributed by atoms with Crippen molar-refractivity contribution in [1.82, 2.24) is 0 Å². The standard InChI is InChI=1S/C25H32O4/c1-5-14-27-22-11-8-20(9-12-22)24(26)13-10-21-17-23(28-15-6-2)18-25(19(21)4)29-16-7-3/h8-13,17-18H,5-7,14-16H2,1-4H3/b13-10+. The van der Waals surface area contributed by atoms with Crippen LogP contribution in [-0.2, 0) is 0 Å². The zero-order valence-corrected chi connectivity index (χ0v) is 18.0. The van der Waals surface area contributed by atoms with E-state index < -0.39 is 0 Å². The van der Waals surface area contributed by atoms with E-state index in [9.17, 15) is 4.79 Å². The molecule has 0 fully saturated rings. The number of carbonyl (C=O) groups is 1. The van der Waals surface area contributed by atoms with Crippen molar-refractivity contribution in [3.8, 4) is 17.2 Å². The Hall–Kier alpha value is -2.75. The van der Waals surface area contributed by atoms with Gasteiger partial charge in [-0.05, 0) is 73.7 Å². The first kappa shape index (κ1) is 22.5. The predicted octanol–water partition coefficient (Wildman–Crippen LogP) is 6.26. The fraction of sp³-hybridized carbons (Fsp3) is 0.400. The van der Waals surface area contributed by atoms with Crippen LogP contribution in [0.2, 0.25) is 0 Å². The highest BCUT2D eigenvalue weighted by Gasteiger charge is 2.09. The van der Waals surface area contributed by atoms with Crippen LogP contribution >= 0.6 is 0 Å². The second-order valence-corrected chi connectivity index (χ2v) is 6.90. The Labute approximate surface area is 174 Å². The molecule has 0 saturated carbocycles. The molecule has 0 atom stereocenters. The molecule has 4 nitrogen and oxygen atoms in total. The summed E-state index contributed by atoms with van der Waals surface area (Å²) >= 11 is 0. The van der Waals surface area contributed by atoms with Gasteiger partial charge in [0.1, 0.15) is 17.2 Å². The van der Waals surface area contributed by atoms with Crippen LogP contribution < -0.4 is 14.2 Å². The molecule has 2 aromatic carbocycles. The predicted molar refractivity (Wildman–Crippen MR) is 118 cm³/mol. The lowest BCUT2D eigenvalue weighted by Crippen LogP contribution is -2.01. The van der Waals surface area contributed by atoms with Gasteiger partial charge in [0.2, 0.25) is 0 Å². The van der Waals surface area contributed by atoms with Gasteiger partial charge in [-0.1, -0.05) is 26.8 Å². The summed E-state index contributed by atoms with van der Waals surface area (Å²) < 4.78 is 17.2. The molecular formula is C25H32O4. The molecule has 0 heterocycles. The summed E-state index contributed by atoms with van der Waals surface area (Å²) in [5.41, 5.74) is 2.54. The fourth-order valence-electron chi connectivity index (χ4n) is 2.72. The van der Waals surface area contributed by atoms with Crippen molar-refractivity contribution in [2.45, 2.75) is 47.0 Å². The zero-order valence-electron chi connectivity index (χ0n) is 18.0. The van der Waals surface area contributed by atoms with Crippen LogP contribution in [-0.4, -0.2) is 25.6 Å². The third kappa shape index (κ3) is 6.97. The third-order valence-corrected chi connectivity index (χ3v) is 4.33. The molecule has 0 unspecified atom stereocenters. The lowest BCUT2D eigenvalue weighted by molar-refractivity contribution is 0.104. The molecule has 0 aliphatic carbocycles. The number of allylic oxidation sites excluding steroid dienone is 1. The quantitative estimate of drug-likeness (QED) is 0.314. The van der Waals surface area contributed by atoms with Gasteiger partial charge in [0.25, 0.3) is 0 Å². The highest BCUT2D eigenvalue weighted by atomic mass is 16.5. The number of ketones is 1. The van der Waals surface area contributed by atoms with Crippen molar-refractivity contribution in [3.63, 3.8) is 0 Å². The van der Waals surface area contributed by atoms with E-state index in [4.69, 9.17) is 14.2 Å². The van der Waals surface area contributed by atoms with Gasteiger partial charge in [0.15, 0.2) is 5.78 Å². The van der Waals surface area contributed by atoms with Crippen LogP contribution in [0.15, 0.2) is 42.5 Å². The molecule has 2 rings (SSSR count). The summed E-state index contributed by atoms with van der Waals surface area (Å²) in [6.45, 7) is 10.2. The second kappa shape index (κ2) is 11.9. The summed E-state index contributed by atoms with van der Waals surface area (Å²) in [6, 6.07) is 11.1. The summed E-state index contributed by atoms with van der Waals surface area (Å²) in [7, 11) is 0. The number of hydrogen-bond donors (Lipinski definition) is 0. The van der Waals surface area contributed by atoms with E-state index in [1.54, 1.807) is 18.2 Å². The van der Waals surface area contributed by atoms with Crippen molar-refractivity contribution >= 4 is 11.9 Å². The minimum absolute atomic E-state index is 0.0534. The van der Waals surface area contributed by atoms with E-state index in [0.717, 1.165) is 47.6 Å². The Balaban J connectivity index is 2.19. The van der Waals surface area contributed by atoms with E-state index >= 15 is 0 Å². The van der Waals surface area contributed by atoms with Crippen molar-refractivity contribution in [1.29, 1.82) is 0 Å². The monoisotopic (exact) mass is 396 g/mol. The van der Waals surface area contributed by atoms with E-state index in [-0.39, 0.29) is 5.78 Å². The van der Waals surface area contributed by atoms with Gasteiger partial charge in [-0.25, -0.2) is 0 Å². The minimum atomic E-state index is -0.0534. The first-order chi connectivity index (χ1) is 14.1. The Morgan fingerprint density at radius 1 is 0.828 bits per heavy atom. The van der Waals surface area contributed by atoms with Crippen LogP contribution in [0.3, 0.4) is 0 Å². The first-order valence-electron chi connectivity index (χ1n) is 10.4. The lowest BCUT2D eigenvalue weighted by Gasteiger charge is -2.14. The third-order valence-electron chi connectivity index (χ3n) is 4.33. The average Bonchev–Trinajstić information content (AvgIpc) is 2.75. The van der Waals surface area contributed by atoms with Crippen molar-refractivity contribution < 1.29 is 19.0 Å². The molecule has 29 heavy (non-hydrogen) atoms.